The number of hydrogen-bond donors (Lipinski definition) is 1. The number of aryl methyl sites for hydroxylation is 2. The molecule has 1 aliphatic carbocycles. The van der Waals surface area contributed by atoms with Crippen LogP contribution in [-0.4, -0.2) is 39.0 Å². The Morgan fingerprint density at radius 2 is 1.97 bits per heavy atom. The summed E-state index contributed by atoms with van der Waals surface area (Å²) in [4.78, 5) is 2.62. The molecular formula is C27H29ClFN5. The highest BCUT2D eigenvalue weighted by atomic mass is 35.5. The smallest absolute Gasteiger partial charge is 0.146 e. The van der Waals surface area contributed by atoms with Crippen LogP contribution in [0.3, 0.4) is 0 Å². The van der Waals surface area contributed by atoms with Crippen molar-refractivity contribution in [2.75, 3.05) is 18.4 Å². The molecule has 5 nitrogen and oxygen atoms in total. The fraction of sp³-hybridized carbons (Fsp3) is 0.407. The summed E-state index contributed by atoms with van der Waals surface area (Å²) in [5, 5.41) is 12.7. The van der Waals surface area contributed by atoms with Gasteiger partial charge in [0, 0.05) is 36.3 Å². The zero-order valence-electron chi connectivity index (χ0n) is 19.4. The second-order valence-electron chi connectivity index (χ2n) is 9.72. The first-order valence-electron chi connectivity index (χ1n) is 12.3. The average molecular weight is 478 g/mol. The zero-order valence-corrected chi connectivity index (χ0v) is 20.2. The molecule has 1 unspecified atom stereocenters. The van der Waals surface area contributed by atoms with Gasteiger partial charge in [0.2, 0.25) is 0 Å². The molecule has 1 fully saturated rings. The highest BCUT2D eigenvalue weighted by Crippen LogP contribution is 2.40. The van der Waals surface area contributed by atoms with E-state index in [2.05, 4.69) is 44.8 Å². The molecule has 0 radical (unpaired) electrons. The quantitative estimate of drug-likeness (QED) is 0.482. The molecule has 3 heterocycles. The van der Waals surface area contributed by atoms with Crippen LogP contribution in [0.4, 0.5) is 10.1 Å². The average Bonchev–Trinajstić information content (AvgIpc) is 3.10. The molecule has 1 aromatic heterocycles. The van der Waals surface area contributed by atoms with Crippen LogP contribution < -0.4 is 5.32 Å². The van der Waals surface area contributed by atoms with Crippen molar-refractivity contribution in [3.05, 3.63) is 70.1 Å². The molecule has 3 aromatic rings. The molecule has 176 valence electrons. The maximum Gasteiger partial charge on any atom is 0.146 e. The summed E-state index contributed by atoms with van der Waals surface area (Å²) in [6.07, 6.45) is 8.29. The minimum Gasteiger partial charge on any atom is -0.376 e. The third-order valence-corrected chi connectivity index (χ3v) is 7.91. The van der Waals surface area contributed by atoms with Gasteiger partial charge in [0.25, 0.3) is 0 Å². The largest absolute Gasteiger partial charge is 0.376 e. The van der Waals surface area contributed by atoms with Crippen molar-refractivity contribution in [3.63, 3.8) is 0 Å². The predicted molar refractivity (Wildman–Crippen MR) is 134 cm³/mol. The van der Waals surface area contributed by atoms with Crippen LogP contribution in [0, 0.1) is 12.7 Å². The number of aromatic nitrogens is 3. The van der Waals surface area contributed by atoms with E-state index in [1.54, 1.807) is 12.1 Å². The molecule has 0 bridgehead atoms. The normalized spacial score (nSPS) is 20.7. The molecule has 3 aliphatic rings. The van der Waals surface area contributed by atoms with E-state index in [1.165, 1.54) is 36.5 Å². The molecule has 6 rings (SSSR count). The van der Waals surface area contributed by atoms with Crippen LogP contribution in [-0.2, 0) is 6.54 Å². The van der Waals surface area contributed by atoms with Gasteiger partial charge in [0.15, 0.2) is 0 Å². The SMILES string of the molecule is Cc1nnn2c1-c1ccc(C3=CCN(C4CCC4)CC3)cc1C(Nc1cc(Cl)ccc1F)CC2. The third-order valence-electron chi connectivity index (χ3n) is 7.68. The molecule has 0 spiro atoms. The Morgan fingerprint density at radius 1 is 1.09 bits per heavy atom. The molecule has 1 atom stereocenters. The fourth-order valence-electron chi connectivity index (χ4n) is 5.54. The summed E-state index contributed by atoms with van der Waals surface area (Å²) < 4.78 is 16.6. The fourth-order valence-corrected chi connectivity index (χ4v) is 5.71. The minimum absolute atomic E-state index is 0.0697. The van der Waals surface area contributed by atoms with Gasteiger partial charge in [-0.25, -0.2) is 9.07 Å². The Kier molecular flexibility index (Phi) is 5.66. The summed E-state index contributed by atoms with van der Waals surface area (Å²) in [6, 6.07) is 12.1. The van der Waals surface area contributed by atoms with Crippen molar-refractivity contribution in [1.82, 2.24) is 19.9 Å². The lowest BCUT2D eigenvalue weighted by Crippen LogP contribution is -2.42. The maximum absolute atomic E-state index is 14.6. The highest BCUT2D eigenvalue weighted by Gasteiger charge is 2.28. The topological polar surface area (TPSA) is 46.0 Å². The van der Waals surface area contributed by atoms with Crippen LogP contribution in [0.15, 0.2) is 42.5 Å². The van der Waals surface area contributed by atoms with Crippen molar-refractivity contribution in [3.8, 4) is 11.3 Å². The number of fused-ring (bicyclic) bond motifs is 3. The third kappa shape index (κ3) is 3.93. The second-order valence-corrected chi connectivity index (χ2v) is 10.2. The van der Waals surface area contributed by atoms with E-state index in [-0.39, 0.29) is 11.9 Å². The van der Waals surface area contributed by atoms with Crippen molar-refractivity contribution in [2.24, 2.45) is 0 Å². The molecule has 2 aliphatic heterocycles. The van der Waals surface area contributed by atoms with E-state index in [9.17, 15) is 4.39 Å². The maximum atomic E-state index is 14.6. The van der Waals surface area contributed by atoms with Crippen LogP contribution in [0.5, 0.6) is 0 Å². The number of anilines is 1. The summed E-state index contributed by atoms with van der Waals surface area (Å²) in [5.41, 5.74) is 7.31. The van der Waals surface area contributed by atoms with E-state index >= 15 is 0 Å². The molecule has 7 heteroatoms. The highest BCUT2D eigenvalue weighted by molar-refractivity contribution is 6.30. The Bertz CT molecular complexity index is 1260. The first-order chi connectivity index (χ1) is 16.6. The van der Waals surface area contributed by atoms with Crippen molar-refractivity contribution >= 4 is 22.9 Å². The molecule has 0 saturated heterocycles. The van der Waals surface area contributed by atoms with Crippen LogP contribution in [0.2, 0.25) is 5.02 Å². The number of benzene rings is 2. The number of nitrogens with one attached hydrogen (secondary N) is 1. The Balaban J connectivity index is 1.38. The Hall–Kier alpha value is -2.70. The first-order valence-corrected chi connectivity index (χ1v) is 12.6. The summed E-state index contributed by atoms with van der Waals surface area (Å²) in [6.45, 7) is 4.86. The van der Waals surface area contributed by atoms with Gasteiger partial charge in [-0.2, -0.15) is 0 Å². The molecular weight excluding hydrogens is 449 g/mol. The zero-order chi connectivity index (χ0) is 23.2. The van der Waals surface area contributed by atoms with E-state index in [1.807, 2.05) is 11.6 Å². The molecule has 1 N–H and O–H groups in total. The Labute approximate surface area is 204 Å². The second kappa shape index (κ2) is 8.82. The van der Waals surface area contributed by atoms with E-state index < -0.39 is 0 Å². The van der Waals surface area contributed by atoms with Crippen molar-refractivity contribution in [2.45, 2.75) is 57.7 Å². The van der Waals surface area contributed by atoms with Gasteiger partial charge < -0.3 is 5.32 Å². The first kappa shape index (κ1) is 21.8. The summed E-state index contributed by atoms with van der Waals surface area (Å²) in [7, 11) is 0. The van der Waals surface area contributed by atoms with Gasteiger partial charge >= 0.3 is 0 Å². The van der Waals surface area contributed by atoms with Gasteiger partial charge in [0.1, 0.15) is 5.82 Å². The summed E-state index contributed by atoms with van der Waals surface area (Å²) >= 11 is 6.18. The van der Waals surface area contributed by atoms with Gasteiger partial charge in [-0.1, -0.05) is 41.4 Å². The summed E-state index contributed by atoms with van der Waals surface area (Å²) in [5.74, 6) is -0.298. The van der Waals surface area contributed by atoms with Gasteiger partial charge in [0.05, 0.1) is 23.1 Å². The Morgan fingerprint density at radius 3 is 2.74 bits per heavy atom. The molecule has 2 aromatic carbocycles. The number of halogens is 2. The number of hydrogen-bond acceptors (Lipinski definition) is 4. The van der Waals surface area contributed by atoms with E-state index in [4.69, 9.17) is 11.6 Å². The van der Waals surface area contributed by atoms with Crippen LogP contribution in [0.1, 0.15) is 55.0 Å². The van der Waals surface area contributed by atoms with Crippen molar-refractivity contribution in [1.29, 1.82) is 0 Å². The number of nitrogens with zero attached hydrogens (tertiary/aromatic N) is 4. The monoisotopic (exact) mass is 477 g/mol. The molecule has 1 saturated carbocycles. The molecule has 0 amide bonds. The van der Waals surface area contributed by atoms with E-state index in [0.717, 1.165) is 54.5 Å². The lowest BCUT2D eigenvalue weighted by Gasteiger charge is -2.39. The lowest BCUT2D eigenvalue weighted by atomic mass is 9.88. The standard InChI is InChI=1S/C27H29ClFN5/c1-17-27-22-7-5-19(18-9-12-33(13-10-18)21-3-2-4-21)15-23(22)25(11-14-34(27)32-31-17)30-26-16-20(28)6-8-24(26)29/h5-9,15-16,21,25,30H,2-4,10-14H2,1H3. The number of rotatable bonds is 4. The van der Waals surface area contributed by atoms with Gasteiger partial charge in [-0.05, 0) is 73.6 Å². The predicted octanol–water partition coefficient (Wildman–Crippen LogP) is 6.24. The van der Waals surface area contributed by atoms with Crippen molar-refractivity contribution < 1.29 is 4.39 Å². The van der Waals surface area contributed by atoms with Crippen LogP contribution >= 0.6 is 11.6 Å². The van der Waals surface area contributed by atoms with Crippen LogP contribution in [0.25, 0.3) is 16.8 Å². The molecule has 34 heavy (non-hydrogen) atoms. The lowest BCUT2D eigenvalue weighted by molar-refractivity contribution is 0.141. The van der Waals surface area contributed by atoms with Gasteiger partial charge in [-0.15, -0.1) is 5.10 Å². The van der Waals surface area contributed by atoms with Gasteiger partial charge in [-0.3, -0.25) is 4.90 Å². The minimum atomic E-state index is -0.298. The van der Waals surface area contributed by atoms with E-state index in [0.29, 0.717) is 17.3 Å².